The second-order valence-corrected chi connectivity index (χ2v) is 6.58. The van der Waals surface area contributed by atoms with E-state index in [1.54, 1.807) is 6.07 Å². The largest absolute Gasteiger partial charge is 0.452 e. The van der Waals surface area contributed by atoms with Gasteiger partial charge in [-0.1, -0.05) is 25.1 Å². The molecule has 0 bridgehead atoms. The maximum Gasteiger partial charge on any atom is 0.229 e. The summed E-state index contributed by atoms with van der Waals surface area (Å²) in [5.74, 6) is -0.921. The van der Waals surface area contributed by atoms with Crippen LogP contribution in [0.1, 0.15) is 44.7 Å². The number of ketones is 2. The number of aromatic amines is 1. The maximum absolute atomic E-state index is 13.6. The first-order valence-corrected chi connectivity index (χ1v) is 8.71. The van der Waals surface area contributed by atoms with Crippen molar-refractivity contribution in [1.29, 1.82) is 0 Å². The molecule has 5 rings (SSSR count). The summed E-state index contributed by atoms with van der Waals surface area (Å²) in [7, 11) is 0. The third-order valence-electron chi connectivity index (χ3n) is 5.04. The predicted octanol–water partition coefficient (Wildman–Crippen LogP) is 4.90. The highest BCUT2D eigenvalue weighted by Crippen LogP contribution is 2.38. The Bertz CT molecular complexity index is 1260. The van der Waals surface area contributed by atoms with Crippen LogP contribution in [0.4, 0.5) is 4.39 Å². The molecule has 0 saturated heterocycles. The quantitative estimate of drug-likeness (QED) is 0.487. The van der Waals surface area contributed by atoms with Crippen molar-refractivity contribution >= 4 is 22.5 Å². The van der Waals surface area contributed by atoms with Crippen LogP contribution in [0.2, 0.25) is 0 Å². The molecule has 1 aliphatic rings. The van der Waals surface area contributed by atoms with Crippen molar-refractivity contribution in [3.05, 3.63) is 82.5 Å². The SMILES string of the molecule is CCc1[nH]c2ccccc2c1-c1cc2c(o1)C(=O)c1cc(F)ccc1C2=O. The van der Waals surface area contributed by atoms with Gasteiger partial charge in [-0.15, -0.1) is 0 Å². The summed E-state index contributed by atoms with van der Waals surface area (Å²) in [5.41, 5.74) is 3.24. The summed E-state index contributed by atoms with van der Waals surface area (Å²) in [4.78, 5) is 29.0. The van der Waals surface area contributed by atoms with Crippen molar-refractivity contribution in [1.82, 2.24) is 4.98 Å². The number of furan rings is 1. The molecule has 1 N–H and O–H groups in total. The van der Waals surface area contributed by atoms with Gasteiger partial charge >= 0.3 is 0 Å². The number of rotatable bonds is 2. The fourth-order valence-electron chi connectivity index (χ4n) is 3.77. The second-order valence-electron chi connectivity index (χ2n) is 6.58. The number of H-pyrrole nitrogens is 1. The summed E-state index contributed by atoms with van der Waals surface area (Å²) < 4.78 is 19.4. The van der Waals surface area contributed by atoms with Crippen molar-refractivity contribution in [2.24, 2.45) is 0 Å². The van der Waals surface area contributed by atoms with E-state index in [4.69, 9.17) is 4.42 Å². The van der Waals surface area contributed by atoms with Gasteiger partial charge in [0.05, 0.1) is 5.56 Å². The van der Waals surface area contributed by atoms with Gasteiger partial charge in [-0.05, 0) is 36.8 Å². The first-order valence-electron chi connectivity index (χ1n) is 8.71. The molecule has 2 heterocycles. The molecular formula is C22H14FNO3. The van der Waals surface area contributed by atoms with E-state index in [2.05, 4.69) is 4.98 Å². The van der Waals surface area contributed by atoms with Crippen molar-refractivity contribution in [2.45, 2.75) is 13.3 Å². The van der Waals surface area contributed by atoms with Crippen LogP contribution in [0, 0.1) is 5.82 Å². The Labute approximate surface area is 153 Å². The van der Waals surface area contributed by atoms with Gasteiger partial charge in [0.15, 0.2) is 11.5 Å². The highest BCUT2D eigenvalue weighted by Gasteiger charge is 2.34. The lowest BCUT2D eigenvalue weighted by Crippen LogP contribution is -2.19. The molecule has 0 radical (unpaired) electrons. The van der Waals surface area contributed by atoms with Gasteiger partial charge in [-0.3, -0.25) is 9.59 Å². The number of aromatic nitrogens is 1. The number of hydrogen-bond acceptors (Lipinski definition) is 3. The third-order valence-corrected chi connectivity index (χ3v) is 5.04. The lowest BCUT2D eigenvalue weighted by Gasteiger charge is -2.12. The number of hydrogen-bond donors (Lipinski definition) is 1. The molecule has 0 unspecified atom stereocenters. The number of benzene rings is 2. The van der Waals surface area contributed by atoms with Crippen LogP contribution in [0.5, 0.6) is 0 Å². The standard InChI is InChI=1S/C22H14FNO3/c1-2-16-19(13-5-3-4-6-17(13)24-16)18-10-15-20(25)12-8-7-11(23)9-14(12)21(26)22(15)27-18/h3-10,24H,2H2,1H3. The summed E-state index contributed by atoms with van der Waals surface area (Å²) in [5, 5.41) is 0.962. The summed E-state index contributed by atoms with van der Waals surface area (Å²) in [6.45, 7) is 2.02. The highest BCUT2D eigenvalue weighted by atomic mass is 19.1. The van der Waals surface area contributed by atoms with Crippen LogP contribution < -0.4 is 0 Å². The monoisotopic (exact) mass is 359 g/mol. The van der Waals surface area contributed by atoms with Crippen LogP contribution >= 0.6 is 0 Å². The lowest BCUT2D eigenvalue weighted by molar-refractivity contribution is 0.0960. The Morgan fingerprint density at radius 3 is 2.59 bits per heavy atom. The molecule has 2 aromatic carbocycles. The van der Waals surface area contributed by atoms with Gasteiger partial charge in [-0.25, -0.2) is 4.39 Å². The normalized spacial score (nSPS) is 13.1. The molecule has 1 aliphatic carbocycles. The Morgan fingerprint density at radius 2 is 1.78 bits per heavy atom. The van der Waals surface area contributed by atoms with E-state index in [0.717, 1.165) is 34.6 Å². The Kier molecular flexibility index (Phi) is 3.22. The molecule has 0 aliphatic heterocycles. The Balaban J connectivity index is 1.75. The molecule has 5 heteroatoms. The average Bonchev–Trinajstić information content (AvgIpc) is 3.27. The fraction of sp³-hybridized carbons (Fsp3) is 0.0909. The second kappa shape index (κ2) is 5.51. The lowest BCUT2D eigenvalue weighted by atomic mass is 9.88. The summed E-state index contributed by atoms with van der Waals surface area (Å²) in [6, 6.07) is 13.0. The minimum Gasteiger partial charge on any atom is -0.452 e. The van der Waals surface area contributed by atoms with Crippen LogP contribution in [0.3, 0.4) is 0 Å². The van der Waals surface area contributed by atoms with Crippen LogP contribution in [0.25, 0.3) is 22.2 Å². The first kappa shape index (κ1) is 15.8. The number of carbonyl (C=O) groups excluding carboxylic acids is 2. The van der Waals surface area contributed by atoms with E-state index < -0.39 is 11.6 Å². The molecule has 0 spiro atoms. The molecule has 0 amide bonds. The van der Waals surface area contributed by atoms with E-state index in [1.165, 1.54) is 12.1 Å². The molecule has 4 aromatic rings. The molecule has 2 aromatic heterocycles. The number of carbonyl (C=O) groups is 2. The number of fused-ring (bicyclic) bond motifs is 3. The Morgan fingerprint density at radius 1 is 0.963 bits per heavy atom. The number of para-hydroxylation sites is 1. The maximum atomic E-state index is 13.6. The van der Waals surface area contributed by atoms with Gasteiger partial charge < -0.3 is 9.40 Å². The number of halogens is 1. The molecule has 27 heavy (non-hydrogen) atoms. The van der Waals surface area contributed by atoms with Crippen molar-refractivity contribution in [3.63, 3.8) is 0 Å². The average molecular weight is 359 g/mol. The number of nitrogens with one attached hydrogen (secondary N) is 1. The van der Waals surface area contributed by atoms with Gasteiger partial charge in [-0.2, -0.15) is 0 Å². The summed E-state index contributed by atoms with van der Waals surface area (Å²) >= 11 is 0. The summed E-state index contributed by atoms with van der Waals surface area (Å²) in [6.07, 6.45) is 0.739. The van der Waals surface area contributed by atoms with E-state index in [9.17, 15) is 14.0 Å². The zero-order valence-electron chi connectivity index (χ0n) is 14.4. The smallest absolute Gasteiger partial charge is 0.229 e. The van der Waals surface area contributed by atoms with Crippen LogP contribution in [-0.4, -0.2) is 16.6 Å². The minimum absolute atomic E-state index is 0.0274. The molecule has 0 saturated carbocycles. The van der Waals surface area contributed by atoms with Gasteiger partial charge in [0.25, 0.3) is 0 Å². The zero-order chi connectivity index (χ0) is 18.7. The third kappa shape index (κ3) is 2.15. The van der Waals surface area contributed by atoms with E-state index in [1.807, 2.05) is 31.2 Å². The topological polar surface area (TPSA) is 63.1 Å². The van der Waals surface area contributed by atoms with Crippen molar-refractivity contribution in [2.75, 3.05) is 0 Å². The molecule has 132 valence electrons. The van der Waals surface area contributed by atoms with Gasteiger partial charge in [0, 0.05) is 33.3 Å². The van der Waals surface area contributed by atoms with Crippen molar-refractivity contribution in [3.8, 4) is 11.3 Å². The molecule has 0 fully saturated rings. The van der Waals surface area contributed by atoms with Gasteiger partial charge in [0.2, 0.25) is 5.78 Å². The predicted molar refractivity (Wildman–Crippen MR) is 98.6 cm³/mol. The van der Waals surface area contributed by atoms with Gasteiger partial charge in [0.1, 0.15) is 11.6 Å². The highest BCUT2D eigenvalue weighted by molar-refractivity contribution is 6.27. The first-order chi connectivity index (χ1) is 13.1. The van der Waals surface area contributed by atoms with E-state index in [0.29, 0.717) is 5.76 Å². The van der Waals surface area contributed by atoms with E-state index >= 15 is 0 Å². The fourth-order valence-corrected chi connectivity index (χ4v) is 3.77. The van der Waals surface area contributed by atoms with E-state index in [-0.39, 0.29) is 28.2 Å². The minimum atomic E-state index is -0.560. The zero-order valence-corrected chi connectivity index (χ0v) is 14.4. The molecule has 0 atom stereocenters. The van der Waals surface area contributed by atoms with Crippen molar-refractivity contribution < 1.29 is 18.4 Å². The number of aryl methyl sites for hydroxylation is 1. The van der Waals surface area contributed by atoms with Crippen LogP contribution in [0.15, 0.2) is 52.9 Å². The Hall–Kier alpha value is -3.47. The molecule has 4 nitrogen and oxygen atoms in total. The molecular weight excluding hydrogens is 345 g/mol. The van der Waals surface area contributed by atoms with Crippen LogP contribution in [-0.2, 0) is 6.42 Å².